The van der Waals surface area contributed by atoms with Gasteiger partial charge in [-0.15, -0.1) is 0 Å². The van der Waals surface area contributed by atoms with Crippen LogP contribution in [0.15, 0.2) is 27.4 Å². The number of nitrogens with zero attached hydrogens (tertiary/aromatic N) is 2. The van der Waals surface area contributed by atoms with Gasteiger partial charge in [-0.05, 0) is 56.9 Å². The molecule has 1 aromatic heterocycles. The third-order valence-electron chi connectivity index (χ3n) is 5.06. The summed E-state index contributed by atoms with van der Waals surface area (Å²) in [4.78, 5) is 18.6. The number of likely N-dealkylation sites (tertiary alicyclic amines) is 1. The predicted octanol–water partition coefficient (Wildman–Crippen LogP) is 3.99. The number of fused-ring (bicyclic) bond motifs is 1. The largest absolute Gasteiger partial charge is 0.489 e. The molecule has 0 radical (unpaired) electrons. The van der Waals surface area contributed by atoms with Gasteiger partial charge in [0.25, 0.3) is 0 Å². The van der Waals surface area contributed by atoms with Crippen molar-refractivity contribution in [3.8, 4) is 5.75 Å². The summed E-state index contributed by atoms with van der Waals surface area (Å²) in [7, 11) is 0. The SMILES string of the molecule is CCCN1CCC(COc2cccc3c(C(C)(C)C)nc(=O)oc23)CC1. The van der Waals surface area contributed by atoms with Crippen molar-refractivity contribution < 1.29 is 9.15 Å². The average molecular weight is 358 g/mol. The monoisotopic (exact) mass is 358 g/mol. The van der Waals surface area contributed by atoms with Crippen molar-refractivity contribution in [1.82, 2.24) is 9.88 Å². The van der Waals surface area contributed by atoms with Crippen molar-refractivity contribution >= 4 is 11.0 Å². The van der Waals surface area contributed by atoms with Crippen molar-refractivity contribution in [3.05, 3.63) is 34.4 Å². The minimum absolute atomic E-state index is 0.237. The Hall–Kier alpha value is -1.88. The van der Waals surface area contributed by atoms with Crippen LogP contribution >= 0.6 is 0 Å². The van der Waals surface area contributed by atoms with Crippen LogP contribution in [-0.2, 0) is 5.41 Å². The van der Waals surface area contributed by atoms with E-state index in [0.29, 0.717) is 23.9 Å². The fraction of sp³-hybridized carbons (Fsp3) is 0.619. The van der Waals surface area contributed by atoms with Crippen LogP contribution in [0.5, 0.6) is 5.75 Å². The molecule has 1 aromatic carbocycles. The maximum Gasteiger partial charge on any atom is 0.439 e. The third-order valence-corrected chi connectivity index (χ3v) is 5.06. The van der Waals surface area contributed by atoms with E-state index in [-0.39, 0.29) is 5.41 Å². The molecule has 0 spiro atoms. The highest BCUT2D eigenvalue weighted by Crippen LogP contribution is 2.32. The van der Waals surface area contributed by atoms with Crippen molar-refractivity contribution in [2.45, 2.75) is 52.4 Å². The fourth-order valence-corrected chi connectivity index (χ4v) is 3.66. The first-order valence-electron chi connectivity index (χ1n) is 9.68. The highest BCUT2D eigenvalue weighted by molar-refractivity contribution is 5.85. The van der Waals surface area contributed by atoms with E-state index in [1.807, 2.05) is 39.0 Å². The molecular formula is C21H30N2O3. The number of hydrogen-bond acceptors (Lipinski definition) is 5. The summed E-state index contributed by atoms with van der Waals surface area (Å²) >= 11 is 0. The van der Waals surface area contributed by atoms with E-state index in [9.17, 15) is 4.79 Å². The van der Waals surface area contributed by atoms with Gasteiger partial charge < -0.3 is 14.1 Å². The molecule has 5 nitrogen and oxygen atoms in total. The first-order valence-corrected chi connectivity index (χ1v) is 9.68. The molecule has 0 amide bonds. The van der Waals surface area contributed by atoms with Crippen molar-refractivity contribution in [2.24, 2.45) is 5.92 Å². The van der Waals surface area contributed by atoms with E-state index in [4.69, 9.17) is 9.15 Å². The van der Waals surface area contributed by atoms with Gasteiger partial charge in [-0.25, -0.2) is 4.79 Å². The standard InChI is InChI=1S/C21H30N2O3/c1-5-11-23-12-9-15(10-13-23)14-25-17-8-6-7-16-18(17)26-20(24)22-19(16)21(2,3)4/h6-8,15H,5,9-14H2,1-4H3. The van der Waals surface area contributed by atoms with Gasteiger partial charge in [0, 0.05) is 10.8 Å². The predicted molar refractivity (Wildman–Crippen MR) is 104 cm³/mol. The first kappa shape index (κ1) is 18.9. The second-order valence-electron chi connectivity index (χ2n) is 8.31. The van der Waals surface area contributed by atoms with Gasteiger partial charge in [0.2, 0.25) is 0 Å². The Morgan fingerprint density at radius 2 is 2.00 bits per heavy atom. The summed E-state index contributed by atoms with van der Waals surface area (Å²) in [6.45, 7) is 12.5. The molecule has 1 saturated heterocycles. The van der Waals surface area contributed by atoms with E-state index in [2.05, 4.69) is 16.8 Å². The highest BCUT2D eigenvalue weighted by Gasteiger charge is 2.23. The lowest BCUT2D eigenvalue weighted by molar-refractivity contribution is 0.141. The van der Waals surface area contributed by atoms with Gasteiger partial charge in [0.05, 0.1) is 12.3 Å². The number of ether oxygens (including phenoxy) is 1. The van der Waals surface area contributed by atoms with E-state index in [1.54, 1.807) is 0 Å². The Morgan fingerprint density at radius 1 is 1.27 bits per heavy atom. The molecule has 1 fully saturated rings. The Kier molecular flexibility index (Phi) is 5.66. The molecule has 0 unspecified atom stereocenters. The molecule has 2 heterocycles. The summed E-state index contributed by atoms with van der Waals surface area (Å²) in [5.41, 5.74) is 1.03. The minimum atomic E-state index is -0.564. The lowest BCUT2D eigenvalue weighted by Crippen LogP contribution is -2.35. The van der Waals surface area contributed by atoms with E-state index in [1.165, 1.54) is 13.0 Å². The molecule has 0 aliphatic carbocycles. The Bertz CT molecular complexity index is 799. The minimum Gasteiger partial charge on any atom is -0.489 e. The first-order chi connectivity index (χ1) is 12.4. The second kappa shape index (κ2) is 7.78. The maximum absolute atomic E-state index is 12.0. The van der Waals surface area contributed by atoms with Crippen LogP contribution < -0.4 is 10.5 Å². The molecule has 0 bridgehead atoms. The van der Waals surface area contributed by atoms with Gasteiger partial charge in [-0.3, -0.25) is 0 Å². The summed E-state index contributed by atoms with van der Waals surface area (Å²) in [6.07, 6.45) is 3.52. The number of piperidine rings is 1. The van der Waals surface area contributed by atoms with Gasteiger partial charge in [0.1, 0.15) is 0 Å². The molecule has 0 saturated carbocycles. The average Bonchev–Trinajstić information content (AvgIpc) is 2.60. The number of rotatable bonds is 5. The van der Waals surface area contributed by atoms with Gasteiger partial charge in [-0.1, -0.05) is 33.8 Å². The summed E-state index contributed by atoms with van der Waals surface area (Å²) < 4.78 is 11.5. The summed E-state index contributed by atoms with van der Waals surface area (Å²) in [6, 6.07) is 5.77. The molecule has 1 aliphatic heterocycles. The number of para-hydroxylation sites is 1. The normalized spacial score (nSPS) is 16.9. The molecule has 26 heavy (non-hydrogen) atoms. The zero-order valence-electron chi connectivity index (χ0n) is 16.4. The van der Waals surface area contributed by atoms with Crippen molar-refractivity contribution in [3.63, 3.8) is 0 Å². The fourth-order valence-electron chi connectivity index (χ4n) is 3.66. The van der Waals surface area contributed by atoms with Crippen molar-refractivity contribution in [2.75, 3.05) is 26.2 Å². The molecular weight excluding hydrogens is 328 g/mol. The van der Waals surface area contributed by atoms with Gasteiger partial charge in [-0.2, -0.15) is 4.98 Å². The van der Waals surface area contributed by atoms with Crippen LogP contribution in [0.25, 0.3) is 11.0 Å². The molecule has 0 N–H and O–H groups in total. The summed E-state index contributed by atoms with van der Waals surface area (Å²) in [5.74, 6) is 0.629. The molecule has 142 valence electrons. The molecule has 3 rings (SSSR count). The lowest BCUT2D eigenvalue weighted by atomic mass is 9.89. The lowest BCUT2D eigenvalue weighted by Gasteiger charge is -2.31. The van der Waals surface area contributed by atoms with Crippen LogP contribution in [0.3, 0.4) is 0 Å². The Balaban J connectivity index is 1.77. The molecule has 1 aliphatic rings. The van der Waals surface area contributed by atoms with Gasteiger partial charge >= 0.3 is 5.76 Å². The van der Waals surface area contributed by atoms with Crippen LogP contribution in [-0.4, -0.2) is 36.1 Å². The van der Waals surface area contributed by atoms with Crippen LogP contribution in [0.2, 0.25) is 0 Å². The highest BCUT2D eigenvalue weighted by atomic mass is 16.5. The zero-order chi connectivity index (χ0) is 18.7. The summed E-state index contributed by atoms with van der Waals surface area (Å²) in [5, 5.41) is 0.854. The second-order valence-corrected chi connectivity index (χ2v) is 8.31. The maximum atomic E-state index is 12.0. The van der Waals surface area contributed by atoms with Crippen molar-refractivity contribution in [1.29, 1.82) is 0 Å². The molecule has 0 atom stereocenters. The van der Waals surface area contributed by atoms with Crippen LogP contribution in [0, 0.1) is 5.92 Å². The third kappa shape index (κ3) is 4.26. The van der Waals surface area contributed by atoms with E-state index < -0.39 is 5.76 Å². The Morgan fingerprint density at radius 3 is 2.65 bits per heavy atom. The van der Waals surface area contributed by atoms with E-state index in [0.717, 1.165) is 37.0 Å². The van der Waals surface area contributed by atoms with Crippen LogP contribution in [0.4, 0.5) is 0 Å². The number of benzene rings is 1. The topological polar surface area (TPSA) is 55.6 Å². The quantitative estimate of drug-likeness (QED) is 0.809. The smallest absolute Gasteiger partial charge is 0.439 e. The zero-order valence-corrected chi connectivity index (χ0v) is 16.4. The number of aromatic nitrogens is 1. The molecule has 2 aromatic rings. The number of hydrogen-bond donors (Lipinski definition) is 0. The van der Waals surface area contributed by atoms with Crippen LogP contribution in [0.1, 0.15) is 52.7 Å². The van der Waals surface area contributed by atoms with Gasteiger partial charge in [0.15, 0.2) is 11.3 Å². The Labute approximate surface area is 155 Å². The van der Waals surface area contributed by atoms with E-state index >= 15 is 0 Å². The molecule has 5 heteroatoms.